The average Bonchev–Trinajstić information content (AvgIpc) is 2.58. The largest absolute Gasteiger partial charge is 0.379 e. The van der Waals surface area contributed by atoms with Gasteiger partial charge in [-0.05, 0) is 17.8 Å². The zero-order valence-corrected chi connectivity index (χ0v) is 9.45. The minimum absolute atomic E-state index is 0.0581. The Bertz CT molecular complexity index is 265. The fraction of sp³-hybridized carbons (Fsp3) is 0.909. The molecule has 1 saturated heterocycles. The Labute approximate surface area is 90.5 Å². The van der Waals surface area contributed by atoms with Crippen molar-refractivity contribution in [2.45, 2.75) is 26.3 Å². The van der Waals surface area contributed by atoms with Gasteiger partial charge in [0.1, 0.15) is 0 Å². The smallest absolute Gasteiger partial charge is 0.227 e. The molecule has 86 valence electrons. The molecule has 4 heteroatoms. The van der Waals surface area contributed by atoms with E-state index in [-0.39, 0.29) is 17.9 Å². The molecule has 0 aromatic carbocycles. The molecular weight excluding hydrogens is 192 g/mol. The summed E-state index contributed by atoms with van der Waals surface area (Å²) in [7, 11) is 0. The summed E-state index contributed by atoms with van der Waals surface area (Å²) in [5.74, 6) is 0.551. The number of carbonyl (C=O) groups is 1. The van der Waals surface area contributed by atoms with Crippen LogP contribution in [-0.4, -0.2) is 31.7 Å². The van der Waals surface area contributed by atoms with Crippen LogP contribution in [0.4, 0.5) is 0 Å². The van der Waals surface area contributed by atoms with Crippen LogP contribution in [0.15, 0.2) is 0 Å². The second-order valence-corrected chi connectivity index (χ2v) is 5.44. The Morgan fingerprint density at radius 2 is 2.20 bits per heavy atom. The molecule has 0 radical (unpaired) electrons. The van der Waals surface area contributed by atoms with Gasteiger partial charge in [-0.1, -0.05) is 13.8 Å². The zero-order valence-electron chi connectivity index (χ0n) is 9.45. The molecule has 0 aromatic heterocycles. The standard InChI is InChI=1S/C11H20N2O2/c1-11(2)3-7(11)4-13-10(14)8-5-15-6-9(8)12/h7-9H,3-6,12H2,1-2H3,(H,13,14). The van der Waals surface area contributed by atoms with Crippen molar-refractivity contribution in [3.63, 3.8) is 0 Å². The average molecular weight is 212 g/mol. The maximum absolute atomic E-state index is 11.7. The molecular formula is C11H20N2O2. The lowest BCUT2D eigenvalue weighted by Gasteiger charge is -2.13. The van der Waals surface area contributed by atoms with E-state index in [1.165, 1.54) is 6.42 Å². The summed E-state index contributed by atoms with van der Waals surface area (Å²) in [5.41, 5.74) is 6.19. The van der Waals surface area contributed by atoms with Crippen molar-refractivity contribution in [3.8, 4) is 0 Å². The molecule has 2 fully saturated rings. The predicted molar refractivity (Wildman–Crippen MR) is 57.2 cm³/mol. The molecule has 3 atom stereocenters. The topological polar surface area (TPSA) is 64.3 Å². The van der Waals surface area contributed by atoms with Gasteiger partial charge < -0.3 is 15.8 Å². The number of nitrogens with one attached hydrogen (secondary N) is 1. The van der Waals surface area contributed by atoms with Gasteiger partial charge in [-0.3, -0.25) is 4.79 Å². The van der Waals surface area contributed by atoms with E-state index in [1.807, 2.05) is 0 Å². The highest BCUT2D eigenvalue weighted by molar-refractivity contribution is 5.79. The Morgan fingerprint density at radius 1 is 1.53 bits per heavy atom. The molecule has 3 unspecified atom stereocenters. The van der Waals surface area contributed by atoms with E-state index < -0.39 is 0 Å². The van der Waals surface area contributed by atoms with Crippen molar-refractivity contribution in [2.75, 3.05) is 19.8 Å². The van der Waals surface area contributed by atoms with Gasteiger partial charge >= 0.3 is 0 Å². The second kappa shape index (κ2) is 3.76. The molecule has 1 aliphatic heterocycles. The molecule has 1 amide bonds. The number of nitrogens with two attached hydrogens (primary N) is 1. The van der Waals surface area contributed by atoms with Gasteiger partial charge in [0.15, 0.2) is 0 Å². The molecule has 4 nitrogen and oxygen atoms in total. The van der Waals surface area contributed by atoms with Crippen LogP contribution in [-0.2, 0) is 9.53 Å². The molecule has 0 aromatic rings. The summed E-state index contributed by atoms with van der Waals surface area (Å²) < 4.78 is 5.17. The summed E-state index contributed by atoms with van der Waals surface area (Å²) in [6.07, 6.45) is 1.21. The van der Waals surface area contributed by atoms with Crippen LogP contribution in [0.2, 0.25) is 0 Å². The summed E-state index contributed by atoms with van der Waals surface area (Å²) in [6, 6.07) is -0.128. The molecule has 0 bridgehead atoms. The Morgan fingerprint density at radius 3 is 2.67 bits per heavy atom. The van der Waals surface area contributed by atoms with Gasteiger partial charge in [0.05, 0.1) is 19.1 Å². The van der Waals surface area contributed by atoms with E-state index in [2.05, 4.69) is 19.2 Å². The lowest BCUT2D eigenvalue weighted by atomic mass is 10.0. The Kier molecular flexibility index (Phi) is 2.73. The number of rotatable bonds is 3. The van der Waals surface area contributed by atoms with Crippen molar-refractivity contribution in [1.29, 1.82) is 0 Å². The number of hydrogen-bond acceptors (Lipinski definition) is 3. The van der Waals surface area contributed by atoms with Crippen LogP contribution >= 0.6 is 0 Å². The van der Waals surface area contributed by atoms with Gasteiger partial charge in [-0.25, -0.2) is 0 Å². The Hall–Kier alpha value is -0.610. The van der Waals surface area contributed by atoms with E-state index >= 15 is 0 Å². The van der Waals surface area contributed by atoms with Gasteiger partial charge in [0.2, 0.25) is 5.91 Å². The molecule has 1 heterocycles. The van der Waals surface area contributed by atoms with Gasteiger partial charge in [0, 0.05) is 12.6 Å². The highest BCUT2D eigenvalue weighted by Crippen LogP contribution is 2.50. The number of ether oxygens (including phenoxy) is 1. The van der Waals surface area contributed by atoms with Crippen molar-refractivity contribution in [1.82, 2.24) is 5.32 Å². The zero-order chi connectivity index (χ0) is 11.1. The van der Waals surface area contributed by atoms with Crippen molar-refractivity contribution >= 4 is 5.91 Å². The van der Waals surface area contributed by atoms with Crippen molar-refractivity contribution in [2.24, 2.45) is 23.0 Å². The van der Waals surface area contributed by atoms with E-state index in [0.717, 1.165) is 6.54 Å². The third-order valence-corrected chi connectivity index (χ3v) is 3.70. The van der Waals surface area contributed by atoms with Gasteiger partial charge in [0.25, 0.3) is 0 Å². The van der Waals surface area contributed by atoms with Crippen LogP contribution in [0.1, 0.15) is 20.3 Å². The third-order valence-electron chi connectivity index (χ3n) is 3.70. The summed E-state index contributed by atoms with van der Waals surface area (Å²) in [4.78, 5) is 11.7. The van der Waals surface area contributed by atoms with E-state index in [1.54, 1.807) is 0 Å². The maximum atomic E-state index is 11.7. The number of hydrogen-bond donors (Lipinski definition) is 2. The highest BCUT2D eigenvalue weighted by Gasteiger charge is 2.45. The van der Waals surface area contributed by atoms with Crippen LogP contribution in [0.25, 0.3) is 0 Å². The van der Waals surface area contributed by atoms with Crippen LogP contribution < -0.4 is 11.1 Å². The lowest BCUT2D eigenvalue weighted by molar-refractivity contribution is -0.125. The first-order chi connectivity index (χ1) is 7.00. The molecule has 3 N–H and O–H groups in total. The fourth-order valence-electron chi connectivity index (χ4n) is 2.12. The lowest BCUT2D eigenvalue weighted by Crippen LogP contribution is -2.41. The molecule has 1 saturated carbocycles. The monoisotopic (exact) mass is 212 g/mol. The Balaban J connectivity index is 1.73. The highest BCUT2D eigenvalue weighted by atomic mass is 16.5. The van der Waals surface area contributed by atoms with E-state index in [0.29, 0.717) is 24.5 Å². The first kappa shape index (κ1) is 10.9. The molecule has 2 aliphatic rings. The van der Waals surface area contributed by atoms with Crippen LogP contribution in [0, 0.1) is 17.3 Å². The van der Waals surface area contributed by atoms with Gasteiger partial charge in [-0.15, -0.1) is 0 Å². The maximum Gasteiger partial charge on any atom is 0.227 e. The van der Waals surface area contributed by atoms with E-state index in [9.17, 15) is 4.79 Å². The summed E-state index contributed by atoms with van der Waals surface area (Å²) in [6.45, 7) is 6.23. The molecule has 2 rings (SSSR count). The fourth-order valence-corrected chi connectivity index (χ4v) is 2.12. The molecule has 0 spiro atoms. The van der Waals surface area contributed by atoms with Crippen LogP contribution in [0.3, 0.4) is 0 Å². The van der Waals surface area contributed by atoms with Gasteiger partial charge in [-0.2, -0.15) is 0 Å². The molecule has 15 heavy (non-hydrogen) atoms. The first-order valence-electron chi connectivity index (χ1n) is 5.62. The third kappa shape index (κ3) is 2.32. The number of amides is 1. The van der Waals surface area contributed by atoms with Crippen molar-refractivity contribution < 1.29 is 9.53 Å². The summed E-state index contributed by atoms with van der Waals surface area (Å²) in [5, 5.41) is 2.97. The SMILES string of the molecule is CC1(C)CC1CNC(=O)C1COCC1N. The second-order valence-electron chi connectivity index (χ2n) is 5.44. The minimum Gasteiger partial charge on any atom is -0.379 e. The van der Waals surface area contributed by atoms with Crippen LogP contribution in [0.5, 0.6) is 0 Å². The predicted octanol–water partition coefficient (Wildman–Crippen LogP) is 0.122. The van der Waals surface area contributed by atoms with E-state index in [4.69, 9.17) is 10.5 Å². The quantitative estimate of drug-likeness (QED) is 0.698. The number of carbonyl (C=O) groups excluding carboxylic acids is 1. The summed E-state index contributed by atoms with van der Waals surface area (Å²) >= 11 is 0. The minimum atomic E-state index is -0.146. The normalized spacial score (nSPS) is 37.7. The molecule has 1 aliphatic carbocycles. The van der Waals surface area contributed by atoms with Crippen molar-refractivity contribution in [3.05, 3.63) is 0 Å². The first-order valence-corrected chi connectivity index (χ1v) is 5.62.